The molecule has 0 atom stereocenters. The van der Waals surface area contributed by atoms with E-state index in [4.69, 9.17) is 0 Å². The van der Waals surface area contributed by atoms with Gasteiger partial charge in [0, 0.05) is 0 Å². The second-order valence-corrected chi connectivity index (χ2v) is 1.36. The fourth-order valence-corrected chi connectivity index (χ4v) is 0.324. The van der Waals surface area contributed by atoms with Gasteiger partial charge in [-0.1, -0.05) is 25.2 Å². The third-order valence-electron chi connectivity index (χ3n) is 0.673. The van der Waals surface area contributed by atoms with Crippen molar-refractivity contribution in [3.05, 3.63) is 24.3 Å². The lowest BCUT2D eigenvalue weighted by atomic mass is 10.4. The first-order valence-electron chi connectivity index (χ1n) is 2.68. The van der Waals surface area contributed by atoms with Crippen molar-refractivity contribution in [3.63, 3.8) is 0 Å². The summed E-state index contributed by atoms with van der Waals surface area (Å²) in [7, 11) is 0. The van der Waals surface area contributed by atoms with Crippen molar-refractivity contribution in [2.24, 2.45) is 0 Å². The second kappa shape index (κ2) is 6.15. The molecule has 0 aromatic rings. The number of hydrogen-bond donors (Lipinski definition) is 0. The number of carbonyl (C=O) groups is 1. The maximum Gasteiger partial charge on any atom is 0.142 e. The molecule has 0 bridgehead atoms. The predicted octanol–water partition coefficient (Wildman–Crippen LogP) is 1.71. The molecule has 0 aliphatic carbocycles. The normalized spacial score (nSPS) is 11.1. The Labute approximate surface area is 49.7 Å². The Morgan fingerprint density at radius 1 is 1.25 bits per heavy atom. The van der Waals surface area contributed by atoms with Gasteiger partial charge in [-0.05, 0) is 12.5 Å². The van der Waals surface area contributed by atoms with Crippen LogP contribution in [0.1, 0.15) is 13.3 Å². The molecule has 1 nitrogen and oxygen atoms in total. The standard InChI is InChI=1S/C7H10O/c1-2-3-4-5-6-7-8/h3-7H,2H2,1H3. The first-order chi connectivity index (χ1) is 3.91. The van der Waals surface area contributed by atoms with Gasteiger partial charge in [0.1, 0.15) is 6.29 Å². The molecule has 8 heavy (non-hydrogen) atoms. The summed E-state index contributed by atoms with van der Waals surface area (Å²) < 4.78 is 0. The summed E-state index contributed by atoms with van der Waals surface area (Å²) in [6.07, 6.45) is 8.81. The molecule has 0 aromatic heterocycles. The number of allylic oxidation sites excluding steroid dienone is 4. The molecular formula is C7H10O. The maximum atomic E-state index is 9.65. The molecule has 0 aromatic carbocycles. The van der Waals surface area contributed by atoms with Crippen molar-refractivity contribution in [1.29, 1.82) is 0 Å². The Balaban J connectivity index is 3.26. The van der Waals surface area contributed by atoms with E-state index in [0.29, 0.717) is 0 Å². The lowest BCUT2D eigenvalue weighted by Crippen LogP contribution is -1.56. The van der Waals surface area contributed by atoms with Gasteiger partial charge in [0.15, 0.2) is 0 Å². The minimum atomic E-state index is 0.764. The molecule has 0 heterocycles. The van der Waals surface area contributed by atoms with E-state index in [2.05, 4.69) is 0 Å². The van der Waals surface area contributed by atoms with Gasteiger partial charge in [-0.15, -0.1) is 0 Å². The van der Waals surface area contributed by atoms with Crippen molar-refractivity contribution in [1.82, 2.24) is 0 Å². The molecule has 0 saturated carbocycles. The second-order valence-electron chi connectivity index (χ2n) is 1.36. The lowest BCUT2D eigenvalue weighted by molar-refractivity contribution is -0.104. The smallest absolute Gasteiger partial charge is 0.142 e. The number of carbonyl (C=O) groups excluding carboxylic acids is 1. The minimum Gasteiger partial charge on any atom is -0.299 e. The van der Waals surface area contributed by atoms with Crippen LogP contribution in [0.4, 0.5) is 0 Å². The molecule has 0 amide bonds. The topological polar surface area (TPSA) is 17.1 Å². The van der Waals surface area contributed by atoms with Gasteiger partial charge in [0.2, 0.25) is 0 Å². The van der Waals surface area contributed by atoms with E-state index in [9.17, 15) is 4.79 Å². The maximum absolute atomic E-state index is 9.65. The first kappa shape index (κ1) is 7.15. The van der Waals surface area contributed by atoms with E-state index in [-0.39, 0.29) is 0 Å². The predicted molar refractivity (Wildman–Crippen MR) is 34.6 cm³/mol. The van der Waals surface area contributed by atoms with Crippen LogP contribution in [-0.4, -0.2) is 6.29 Å². The van der Waals surface area contributed by atoms with E-state index in [0.717, 1.165) is 12.7 Å². The van der Waals surface area contributed by atoms with Crippen LogP contribution in [0, 0.1) is 0 Å². The highest BCUT2D eigenvalue weighted by molar-refractivity contribution is 5.65. The molecule has 0 aliphatic heterocycles. The van der Waals surface area contributed by atoms with Crippen LogP contribution >= 0.6 is 0 Å². The van der Waals surface area contributed by atoms with Crippen molar-refractivity contribution < 1.29 is 4.79 Å². The van der Waals surface area contributed by atoms with Gasteiger partial charge in [0.05, 0.1) is 0 Å². The van der Waals surface area contributed by atoms with Gasteiger partial charge in [0.25, 0.3) is 0 Å². The van der Waals surface area contributed by atoms with Crippen molar-refractivity contribution >= 4 is 6.29 Å². The van der Waals surface area contributed by atoms with Crippen molar-refractivity contribution in [2.45, 2.75) is 13.3 Å². The van der Waals surface area contributed by atoms with Crippen LogP contribution in [0.5, 0.6) is 0 Å². The summed E-state index contributed by atoms with van der Waals surface area (Å²) in [5, 5.41) is 0. The summed E-state index contributed by atoms with van der Waals surface area (Å²) in [5.74, 6) is 0. The molecular weight excluding hydrogens is 100 g/mol. The Morgan fingerprint density at radius 3 is 2.50 bits per heavy atom. The van der Waals surface area contributed by atoms with Crippen LogP contribution in [0.15, 0.2) is 24.3 Å². The molecule has 0 radical (unpaired) electrons. The van der Waals surface area contributed by atoms with Crippen LogP contribution in [0.3, 0.4) is 0 Å². The average molecular weight is 110 g/mol. The Bertz CT molecular complexity index is 101. The molecule has 0 fully saturated rings. The molecule has 0 N–H and O–H groups in total. The number of aldehydes is 1. The summed E-state index contributed by atoms with van der Waals surface area (Å²) >= 11 is 0. The van der Waals surface area contributed by atoms with Gasteiger partial charge in [-0.2, -0.15) is 0 Å². The Morgan fingerprint density at radius 2 is 2.00 bits per heavy atom. The van der Waals surface area contributed by atoms with E-state index in [1.54, 1.807) is 6.08 Å². The largest absolute Gasteiger partial charge is 0.299 e. The third-order valence-corrected chi connectivity index (χ3v) is 0.673. The zero-order chi connectivity index (χ0) is 6.24. The summed E-state index contributed by atoms with van der Waals surface area (Å²) in [6.45, 7) is 2.05. The molecule has 0 saturated heterocycles. The molecule has 44 valence electrons. The first-order valence-corrected chi connectivity index (χ1v) is 2.68. The summed E-state index contributed by atoms with van der Waals surface area (Å²) in [6, 6.07) is 0. The number of hydrogen-bond acceptors (Lipinski definition) is 1. The SMILES string of the molecule is CCC=CC=CC=O. The van der Waals surface area contributed by atoms with E-state index < -0.39 is 0 Å². The third kappa shape index (κ3) is 5.15. The van der Waals surface area contributed by atoms with Crippen molar-refractivity contribution in [3.8, 4) is 0 Å². The Hall–Kier alpha value is -0.850. The minimum absolute atomic E-state index is 0.764. The summed E-state index contributed by atoms with van der Waals surface area (Å²) in [5.41, 5.74) is 0. The highest BCUT2D eigenvalue weighted by Crippen LogP contribution is 1.79. The Kier molecular flexibility index (Phi) is 5.50. The van der Waals surface area contributed by atoms with Crippen LogP contribution in [0.25, 0.3) is 0 Å². The molecule has 1 heteroatoms. The zero-order valence-electron chi connectivity index (χ0n) is 5.00. The van der Waals surface area contributed by atoms with Gasteiger partial charge in [-0.3, -0.25) is 4.79 Å². The van der Waals surface area contributed by atoms with Crippen LogP contribution in [-0.2, 0) is 4.79 Å². The van der Waals surface area contributed by atoms with Gasteiger partial charge in [-0.25, -0.2) is 0 Å². The summed E-state index contributed by atoms with van der Waals surface area (Å²) in [4.78, 5) is 9.65. The molecule has 0 aliphatic rings. The molecule has 0 spiro atoms. The van der Waals surface area contributed by atoms with Gasteiger partial charge < -0.3 is 0 Å². The number of rotatable bonds is 3. The van der Waals surface area contributed by atoms with Crippen LogP contribution < -0.4 is 0 Å². The van der Waals surface area contributed by atoms with E-state index in [1.165, 1.54) is 6.08 Å². The lowest BCUT2D eigenvalue weighted by Gasteiger charge is -1.70. The monoisotopic (exact) mass is 110 g/mol. The quantitative estimate of drug-likeness (QED) is 0.307. The highest BCUT2D eigenvalue weighted by atomic mass is 16.1. The van der Waals surface area contributed by atoms with E-state index >= 15 is 0 Å². The molecule has 0 rings (SSSR count). The average Bonchev–Trinajstić information content (AvgIpc) is 1.81. The molecule has 0 unspecified atom stereocenters. The highest BCUT2D eigenvalue weighted by Gasteiger charge is 1.61. The zero-order valence-corrected chi connectivity index (χ0v) is 5.00. The van der Waals surface area contributed by atoms with Gasteiger partial charge >= 0.3 is 0 Å². The van der Waals surface area contributed by atoms with Crippen LogP contribution in [0.2, 0.25) is 0 Å². The fourth-order valence-electron chi connectivity index (χ4n) is 0.324. The van der Waals surface area contributed by atoms with E-state index in [1.807, 2.05) is 19.1 Å². The fraction of sp³-hybridized carbons (Fsp3) is 0.286. The van der Waals surface area contributed by atoms with Crippen molar-refractivity contribution in [2.75, 3.05) is 0 Å².